The first-order valence-electron chi connectivity index (χ1n) is 12.3. The molecule has 0 bridgehead atoms. The van der Waals surface area contributed by atoms with Crippen molar-refractivity contribution >= 4 is 17.7 Å². The van der Waals surface area contributed by atoms with Crippen LogP contribution in [0.1, 0.15) is 38.4 Å². The Kier molecular flexibility index (Phi) is 12.2. The smallest absolute Gasteiger partial charge is 0.407 e. The van der Waals surface area contributed by atoms with Gasteiger partial charge in [0.15, 0.2) is 5.78 Å². The van der Waals surface area contributed by atoms with Crippen LogP contribution in [-0.4, -0.2) is 60.3 Å². The first kappa shape index (κ1) is 28.6. The van der Waals surface area contributed by atoms with Crippen molar-refractivity contribution in [3.8, 4) is 0 Å². The number of pyridine rings is 1. The summed E-state index contributed by atoms with van der Waals surface area (Å²) in [7, 11) is 1.88. The van der Waals surface area contributed by atoms with E-state index in [1.807, 2.05) is 67.4 Å². The number of benzene rings is 1. The van der Waals surface area contributed by atoms with Crippen LogP contribution in [0.15, 0.2) is 72.0 Å². The van der Waals surface area contributed by atoms with Crippen LogP contribution in [-0.2, 0) is 22.6 Å². The molecule has 2 rings (SSSR count). The minimum Gasteiger partial charge on any atom is -0.445 e. The molecule has 1 heterocycles. The summed E-state index contributed by atoms with van der Waals surface area (Å²) in [6.07, 6.45) is 2.42. The molecule has 0 unspecified atom stereocenters. The number of hydrogen-bond donors (Lipinski definition) is 2. The number of nitrogens with zero attached hydrogens (tertiary/aromatic N) is 3. The molecule has 8 nitrogen and oxygen atoms in total. The number of ether oxygens (including phenoxy) is 1. The van der Waals surface area contributed by atoms with Crippen LogP contribution in [0.2, 0.25) is 0 Å². The molecule has 8 heteroatoms. The molecule has 1 amide bonds. The lowest BCUT2D eigenvalue weighted by atomic mass is 9.99. The highest BCUT2D eigenvalue weighted by molar-refractivity contribution is 5.92. The van der Waals surface area contributed by atoms with E-state index in [1.54, 1.807) is 6.20 Å². The van der Waals surface area contributed by atoms with E-state index in [2.05, 4.69) is 41.0 Å². The fraction of sp³-hybridized carbons (Fsp3) is 0.429. The Bertz CT molecular complexity index is 993. The first-order chi connectivity index (χ1) is 17.3. The van der Waals surface area contributed by atoms with Gasteiger partial charge in [0.05, 0.1) is 19.1 Å². The maximum Gasteiger partial charge on any atom is 0.407 e. The van der Waals surface area contributed by atoms with Gasteiger partial charge in [0.25, 0.3) is 0 Å². The number of likely N-dealkylation sites (N-methyl/N-ethyl adjacent to an activating group) is 1. The number of alkyl carbamates (subject to hydrolysis) is 1. The summed E-state index contributed by atoms with van der Waals surface area (Å²) in [5.74, 6) is 1.14. The summed E-state index contributed by atoms with van der Waals surface area (Å²) in [6.45, 7) is 11.3. The second-order valence-corrected chi connectivity index (χ2v) is 9.06. The van der Waals surface area contributed by atoms with Gasteiger partial charge in [0.2, 0.25) is 0 Å². The number of carbonyl (C=O) groups excluding carboxylic acids is 2. The second kappa shape index (κ2) is 15.3. The zero-order valence-electron chi connectivity index (χ0n) is 21.9. The average molecular weight is 494 g/mol. The highest BCUT2D eigenvalue weighted by Gasteiger charge is 2.23. The second-order valence-electron chi connectivity index (χ2n) is 9.06. The minimum atomic E-state index is -0.539. The standard InChI is InChI=1S/C28H39N5O3/c1-6-29-27(17-24-14-10-11-15-30-24)33(5)19-26(34)25(16-21(2)3)32-22(4)18-31-28(35)36-20-23-12-8-7-9-13-23/h7-15,21,25,32H,4,6,16-20H2,1-3,5H3,(H,31,35)/t25-/m0/s1. The van der Waals surface area contributed by atoms with Gasteiger partial charge in [-0.3, -0.25) is 14.8 Å². The van der Waals surface area contributed by atoms with Gasteiger partial charge in [0, 0.05) is 37.6 Å². The van der Waals surface area contributed by atoms with Crippen LogP contribution in [0.3, 0.4) is 0 Å². The van der Waals surface area contributed by atoms with Crippen molar-refractivity contribution in [2.75, 3.05) is 26.7 Å². The van der Waals surface area contributed by atoms with Crippen molar-refractivity contribution in [3.05, 3.63) is 78.3 Å². The van der Waals surface area contributed by atoms with Gasteiger partial charge >= 0.3 is 6.09 Å². The van der Waals surface area contributed by atoms with Crippen molar-refractivity contribution in [1.82, 2.24) is 20.5 Å². The van der Waals surface area contributed by atoms with Crippen molar-refractivity contribution in [1.29, 1.82) is 0 Å². The van der Waals surface area contributed by atoms with Crippen molar-refractivity contribution in [3.63, 3.8) is 0 Å². The zero-order chi connectivity index (χ0) is 26.3. The topological polar surface area (TPSA) is 95.9 Å². The van der Waals surface area contributed by atoms with E-state index in [9.17, 15) is 9.59 Å². The SMILES string of the molecule is C=C(CNC(=O)OCc1ccccc1)N[C@@H](CC(C)C)C(=O)CN(C)C(Cc1ccccn1)=NCC. The molecule has 0 saturated heterocycles. The van der Waals surface area contributed by atoms with Crippen LogP contribution in [0.4, 0.5) is 4.79 Å². The summed E-state index contributed by atoms with van der Waals surface area (Å²) in [6, 6.07) is 14.8. The van der Waals surface area contributed by atoms with E-state index in [-0.39, 0.29) is 25.5 Å². The molecule has 0 radical (unpaired) electrons. The number of amides is 1. The lowest BCUT2D eigenvalue weighted by Gasteiger charge is -2.26. The molecule has 2 aromatic rings. The summed E-state index contributed by atoms with van der Waals surface area (Å²) < 4.78 is 5.24. The molecule has 0 fully saturated rings. The van der Waals surface area contributed by atoms with Gasteiger partial charge in [-0.15, -0.1) is 0 Å². The summed E-state index contributed by atoms with van der Waals surface area (Å²) >= 11 is 0. The number of nitrogens with one attached hydrogen (secondary N) is 2. The molecule has 0 saturated carbocycles. The lowest BCUT2D eigenvalue weighted by molar-refractivity contribution is -0.121. The largest absolute Gasteiger partial charge is 0.445 e. The molecule has 0 aliphatic carbocycles. The Morgan fingerprint density at radius 3 is 2.50 bits per heavy atom. The number of rotatable bonds is 14. The molecule has 36 heavy (non-hydrogen) atoms. The number of aliphatic imine (C=N–C) groups is 1. The van der Waals surface area contributed by atoms with Gasteiger partial charge in [-0.1, -0.05) is 56.8 Å². The van der Waals surface area contributed by atoms with E-state index in [4.69, 9.17) is 4.74 Å². The number of hydrogen-bond acceptors (Lipinski definition) is 6. The number of ketones is 1. The third kappa shape index (κ3) is 10.7. The summed E-state index contributed by atoms with van der Waals surface area (Å²) in [4.78, 5) is 36.2. The van der Waals surface area contributed by atoms with Crippen LogP contribution in [0.5, 0.6) is 0 Å². The van der Waals surface area contributed by atoms with Crippen LogP contribution < -0.4 is 10.6 Å². The minimum absolute atomic E-state index is 0.0313. The van der Waals surface area contributed by atoms with Crippen LogP contribution >= 0.6 is 0 Å². The predicted molar refractivity (Wildman–Crippen MR) is 144 cm³/mol. The molecule has 0 aliphatic heterocycles. The summed E-state index contributed by atoms with van der Waals surface area (Å²) in [5, 5.41) is 5.89. The molecule has 2 N–H and O–H groups in total. The number of carbonyl (C=O) groups is 2. The van der Waals surface area contributed by atoms with Gasteiger partial charge < -0.3 is 20.3 Å². The molecule has 194 valence electrons. The van der Waals surface area contributed by atoms with Gasteiger partial charge in [-0.2, -0.15) is 0 Å². The van der Waals surface area contributed by atoms with Gasteiger partial charge in [-0.05, 0) is 37.0 Å². The fourth-order valence-corrected chi connectivity index (χ4v) is 3.59. The normalized spacial score (nSPS) is 12.1. The Hall–Kier alpha value is -3.68. The monoisotopic (exact) mass is 493 g/mol. The quantitative estimate of drug-likeness (QED) is 0.305. The van der Waals surface area contributed by atoms with Gasteiger partial charge in [0.1, 0.15) is 12.4 Å². The van der Waals surface area contributed by atoms with Crippen LogP contribution in [0, 0.1) is 5.92 Å². The van der Waals surface area contributed by atoms with E-state index >= 15 is 0 Å². The van der Waals surface area contributed by atoms with E-state index in [0.717, 1.165) is 17.1 Å². The number of Topliss-reactive ketones (excluding diaryl/α,β-unsaturated/α-hetero) is 1. The van der Waals surface area contributed by atoms with E-state index < -0.39 is 12.1 Å². The molecule has 0 aliphatic rings. The van der Waals surface area contributed by atoms with Crippen LogP contribution in [0.25, 0.3) is 0 Å². The summed E-state index contributed by atoms with van der Waals surface area (Å²) in [5.41, 5.74) is 2.36. The highest BCUT2D eigenvalue weighted by atomic mass is 16.5. The molecule has 1 atom stereocenters. The third-order valence-electron chi connectivity index (χ3n) is 5.37. The zero-order valence-corrected chi connectivity index (χ0v) is 21.9. The number of amidine groups is 1. The lowest BCUT2D eigenvalue weighted by Crippen LogP contribution is -2.45. The molecule has 1 aromatic carbocycles. The first-order valence-corrected chi connectivity index (χ1v) is 12.3. The maximum atomic E-state index is 13.3. The Balaban J connectivity index is 1.90. The van der Waals surface area contributed by atoms with Gasteiger partial charge in [-0.25, -0.2) is 4.79 Å². The fourth-order valence-electron chi connectivity index (χ4n) is 3.59. The third-order valence-corrected chi connectivity index (χ3v) is 5.37. The Labute approximate surface area is 214 Å². The van der Waals surface area contributed by atoms with Crippen molar-refractivity contribution < 1.29 is 14.3 Å². The Morgan fingerprint density at radius 1 is 1.14 bits per heavy atom. The average Bonchev–Trinajstić information content (AvgIpc) is 2.86. The maximum absolute atomic E-state index is 13.3. The van der Waals surface area contributed by atoms with Crippen molar-refractivity contribution in [2.24, 2.45) is 10.9 Å². The molecule has 1 aromatic heterocycles. The van der Waals surface area contributed by atoms with E-state index in [0.29, 0.717) is 31.0 Å². The predicted octanol–water partition coefficient (Wildman–Crippen LogP) is 3.99. The molecular formula is C28H39N5O3. The van der Waals surface area contributed by atoms with Crippen molar-refractivity contribution in [2.45, 2.75) is 46.3 Å². The molecule has 0 spiro atoms. The Morgan fingerprint density at radius 2 is 1.86 bits per heavy atom. The number of aromatic nitrogens is 1. The molecular weight excluding hydrogens is 454 g/mol. The van der Waals surface area contributed by atoms with E-state index in [1.165, 1.54) is 0 Å². The highest BCUT2D eigenvalue weighted by Crippen LogP contribution is 2.09.